The molecule has 1 fully saturated rings. The van der Waals surface area contributed by atoms with E-state index in [0.29, 0.717) is 26.3 Å². The lowest BCUT2D eigenvalue weighted by atomic mass is 10.3. The maximum absolute atomic E-state index is 12.2. The van der Waals surface area contributed by atoms with Crippen LogP contribution in [-0.2, 0) is 9.53 Å². The number of carbonyl (C=O) groups is 1. The van der Waals surface area contributed by atoms with Crippen molar-refractivity contribution in [3.63, 3.8) is 0 Å². The zero-order chi connectivity index (χ0) is 13.2. The molecule has 0 radical (unpaired) electrons. The Labute approximate surface area is 110 Å². The van der Waals surface area contributed by atoms with Crippen LogP contribution in [0, 0.1) is 0 Å². The fourth-order valence-corrected chi connectivity index (χ4v) is 2.13. The summed E-state index contributed by atoms with van der Waals surface area (Å²) in [5.41, 5.74) is 0. The predicted molar refractivity (Wildman–Crippen MR) is 72.7 cm³/mol. The van der Waals surface area contributed by atoms with E-state index >= 15 is 0 Å². The zero-order valence-corrected chi connectivity index (χ0v) is 11.8. The summed E-state index contributed by atoms with van der Waals surface area (Å²) in [6.45, 7) is 11.4. The van der Waals surface area contributed by atoms with Crippen molar-refractivity contribution in [3.05, 3.63) is 0 Å². The van der Waals surface area contributed by atoms with Crippen LogP contribution < -0.4 is 5.32 Å². The average molecular weight is 257 g/mol. The van der Waals surface area contributed by atoms with Crippen molar-refractivity contribution in [2.45, 2.75) is 20.3 Å². The normalized spacial score (nSPS) is 17.4. The fraction of sp³-hybridized carbons (Fsp3) is 0.923. The summed E-state index contributed by atoms with van der Waals surface area (Å²) in [6, 6.07) is 0. The van der Waals surface area contributed by atoms with Crippen LogP contribution in [0.4, 0.5) is 0 Å². The smallest absolute Gasteiger partial charge is 0.236 e. The molecule has 5 nitrogen and oxygen atoms in total. The molecule has 0 atom stereocenters. The van der Waals surface area contributed by atoms with E-state index in [0.717, 1.165) is 39.1 Å². The SMILES string of the molecule is CCOCCN(CC)C(=O)CN1CCCNCC1. The molecule has 0 aromatic heterocycles. The Bertz CT molecular complexity index is 228. The Hall–Kier alpha value is -0.650. The molecule has 0 aliphatic carbocycles. The Kier molecular flexibility index (Phi) is 7.96. The summed E-state index contributed by atoms with van der Waals surface area (Å²) in [6.07, 6.45) is 1.12. The first-order valence-corrected chi connectivity index (χ1v) is 7.06. The van der Waals surface area contributed by atoms with Crippen LogP contribution >= 0.6 is 0 Å². The highest BCUT2D eigenvalue weighted by Gasteiger charge is 2.16. The number of likely N-dealkylation sites (N-methyl/N-ethyl adjacent to an activating group) is 1. The lowest BCUT2D eigenvalue weighted by Gasteiger charge is -2.25. The standard InChI is InChI=1S/C13H27N3O2/c1-3-16(10-11-18-4-2)13(17)12-15-8-5-6-14-7-9-15/h14H,3-12H2,1-2H3. The molecule has 0 bridgehead atoms. The second-order valence-corrected chi connectivity index (χ2v) is 4.55. The van der Waals surface area contributed by atoms with Gasteiger partial charge in [0.15, 0.2) is 0 Å². The highest BCUT2D eigenvalue weighted by atomic mass is 16.5. The van der Waals surface area contributed by atoms with Crippen molar-refractivity contribution in [3.8, 4) is 0 Å². The summed E-state index contributed by atoms with van der Waals surface area (Å²) < 4.78 is 5.31. The highest BCUT2D eigenvalue weighted by Crippen LogP contribution is 1.98. The molecule has 106 valence electrons. The monoisotopic (exact) mass is 257 g/mol. The van der Waals surface area contributed by atoms with E-state index < -0.39 is 0 Å². The van der Waals surface area contributed by atoms with Gasteiger partial charge in [0.2, 0.25) is 5.91 Å². The summed E-state index contributed by atoms with van der Waals surface area (Å²) in [5.74, 6) is 0.221. The van der Waals surface area contributed by atoms with Crippen molar-refractivity contribution in [1.29, 1.82) is 0 Å². The van der Waals surface area contributed by atoms with Crippen molar-refractivity contribution < 1.29 is 9.53 Å². The molecule has 1 aliphatic heterocycles. The van der Waals surface area contributed by atoms with Crippen LogP contribution in [0.15, 0.2) is 0 Å². The predicted octanol–water partition coefficient (Wildman–Crippen LogP) is 0.167. The van der Waals surface area contributed by atoms with Gasteiger partial charge in [-0.05, 0) is 33.4 Å². The van der Waals surface area contributed by atoms with Gasteiger partial charge in [-0.2, -0.15) is 0 Å². The Balaban J connectivity index is 2.30. The molecule has 0 aromatic carbocycles. The van der Waals surface area contributed by atoms with Crippen molar-refractivity contribution in [2.75, 3.05) is 59.0 Å². The first kappa shape index (κ1) is 15.4. The number of rotatable bonds is 7. The molecule has 1 heterocycles. The Morgan fingerprint density at radius 2 is 2.17 bits per heavy atom. The van der Waals surface area contributed by atoms with Crippen molar-refractivity contribution in [2.24, 2.45) is 0 Å². The van der Waals surface area contributed by atoms with Gasteiger partial charge >= 0.3 is 0 Å². The quantitative estimate of drug-likeness (QED) is 0.660. The zero-order valence-electron chi connectivity index (χ0n) is 11.8. The van der Waals surface area contributed by atoms with Gasteiger partial charge in [-0.3, -0.25) is 9.69 Å². The van der Waals surface area contributed by atoms with E-state index in [9.17, 15) is 4.79 Å². The van der Waals surface area contributed by atoms with Crippen LogP contribution in [0.5, 0.6) is 0 Å². The number of carbonyl (C=O) groups excluding carboxylic acids is 1. The largest absolute Gasteiger partial charge is 0.380 e. The lowest BCUT2D eigenvalue weighted by Crippen LogP contribution is -2.42. The van der Waals surface area contributed by atoms with E-state index in [2.05, 4.69) is 10.2 Å². The molecule has 1 rings (SSSR count). The van der Waals surface area contributed by atoms with E-state index in [-0.39, 0.29) is 5.91 Å². The molecule has 0 unspecified atom stereocenters. The number of hydrogen-bond acceptors (Lipinski definition) is 4. The van der Waals surface area contributed by atoms with Gasteiger partial charge < -0.3 is 15.0 Å². The second-order valence-electron chi connectivity index (χ2n) is 4.55. The maximum Gasteiger partial charge on any atom is 0.236 e. The maximum atomic E-state index is 12.2. The molecular weight excluding hydrogens is 230 g/mol. The van der Waals surface area contributed by atoms with Crippen LogP contribution in [-0.4, -0.2) is 74.7 Å². The van der Waals surface area contributed by atoms with Gasteiger partial charge in [-0.25, -0.2) is 0 Å². The molecule has 0 saturated carbocycles. The number of hydrogen-bond donors (Lipinski definition) is 1. The second kappa shape index (κ2) is 9.30. The van der Waals surface area contributed by atoms with Crippen LogP contribution in [0.25, 0.3) is 0 Å². The third kappa shape index (κ3) is 5.80. The molecular formula is C13H27N3O2. The van der Waals surface area contributed by atoms with Crippen molar-refractivity contribution in [1.82, 2.24) is 15.1 Å². The molecule has 1 amide bonds. The van der Waals surface area contributed by atoms with Gasteiger partial charge in [-0.1, -0.05) is 0 Å². The van der Waals surface area contributed by atoms with E-state index in [1.165, 1.54) is 0 Å². The average Bonchev–Trinajstić information content (AvgIpc) is 2.63. The minimum atomic E-state index is 0.221. The van der Waals surface area contributed by atoms with Crippen LogP contribution in [0.3, 0.4) is 0 Å². The minimum absolute atomic E-state index is 0.221. The molecule has 0 spiro atoms. The number of amides is 1. The molecule has 1 N–H and O–H groups in total. The van der Waals surface area contributed by atoms with Gasteiger partial charge in [0, 0.05) is 32.8 Å². The van der Waals surface area contributed by atoms with Crippen molar-refractivity contribution >= 4 is 5.91 Å². The van der Waals surface area contributed by atoms with Gasteiger partial charge in [0.05, 0.1) is 13.2 Å². The van der Waals surface area contributed by atoms with Gasteiger partial charge in [0.1, 0.15) is 0 Å². The summed E-state index contributed by atoms with van der Waals surface area (Å²) in [4.78, 5) is 16.3. The summed E-state index contributed by atoms with van der Waals surface area (Å²) in [7, 11) is 0. The fourth-order valence-electron chi connectivity index (χ4n) is 2.13. The molecule has 0 aromatic rings. The third-order valence-corrected chi connectivity index (χ3v) is 3.24. The summed E-state index contributed by atoms with van der Waals surface area (Å²) >= 11 is 0. The third-order valence-electron chi connectivity index (χ3n) is 3.24. The topological polar surface area (TPSA) is 44.8 Å². The van der Waals surface area contributed by atoms with E-state index in [1.807, 2.05) is 18.7 Å². The molecule has 1 aliphatic rings. The van der Waals surface area contributed by atoms with Crippen LogP contribution in [0.2, 0.25) is 0 Å². The summed E-state index contributed by atoms with van der Waals surface area (Å²) in [5, 5.41) is 3.35. The molecule has 5 heteroatoms. The van der Waals surface area contributed by atoms with Crippen LogP contribution in [0.1, 0.15) is 20.3 Å². The molecule has 18 heavy (non-hydrogen) atoms. The highest BCUT2D eigenvalue weighted by molar-refractivity contribution is 5.78. The first-order chi connectivity index (χ1) is 8.77. The lowest BCUT2D eigenvalue weighted by molar-refractivity contribution is -0.132. The Morgan fingerprint density at radius 1 is 1.33 bits per heavy atom. The number of nitrogens with zero attached hydrogens (tertiary/aromatic N) is 2. The Morgan fingerprint density at radius 3 is 2.89 bits per heavy atom. The van der Waals surface area contributed by atoms with E-state index in [4.69, 9.17) is 4.74 Å². The number of nitrogens with one attached hydrogen (secondary N) is 1. The van der Waals surface area contributed by atoms with Gasteiger partial charge in [-0.15, -0.1) is 0 Å². The number of ether oxygens (including phenoxy) is 1. The van der Waals surface area contributed by atoms with Gasteiger partial charge in [0.25, 0.3) is 0 Å². The minimum Gasteiger partial charge on any atom is -0.380 e. The van der Waals surface area contributed by atoms with E-state index in [1.54, 1.807) is 0 Å². The molecule has 1 saturated heterocycles. The first-order valence-electron chi connectivity index (χ1n) is 7.06.